The van der Waals surface area contributed by atoms with Gasteiger partial charge in [0.2, 0.25) is 0 Å². The van der Waals surface area contributed by atoms with Gasteiger partial charge in [-0.05, 0) is 61.6 Å². The number of carbonyl (C=O) groups excluding carboxylic acids is 2. The summed E-state index contributed by atoms with van der Waals surface area (Å²) in [7, 11) is 0. The lowest BCUT2D eigenvalue weighted by atomic mass is 9.82. The van der Waals surface area contributed by atoms with E-state index in [-0.39, 0.29) is 11.9 Å². The fraction of sp³-hybridized carbons (Fsp3) is 0.435. The summed E-state index contributed by atoms with van der Waals surface area (Å²) in [5.74, 6) is 0.859. The highest BCUT2D eigenvalue weighted by atomic mass is 35.5. The molecule has 1 aliphatic carbocycles. The molecule has 0 unspecified atom stereocenters. The van der Waals surface area contributed by atoms with Gasteiger partial charge in [-0.1, -0.05) is 41.9 Å². The van der Waals surface area contributed by atoms with E-state index in [1.165, 1.54) is 11.8 Å². The van der Waals surface area contributed by atoms with Crippen molar-refractivity contribution in [3.05, 3.63) is 64.9 Å². The Morgan fingerprint density at radius 1 is 0.900 bits per heavy atom. The number of carbonyl (C=O) groups is 2. The van der Waals surface area contributed by atoms with Crippen molar-refractivity contribution >= 4 is 23.5 Å². The van der Waals surface area contributed by atoms with Crippen molar-refractivity contribution in [2.24, 2.45) is 11.8 Å². The van der Waals surface area contributed by atoms with Crippen molar-refractivity contribution in [2.75, 3.05) is 19.6 Å². The highest BCUT2D eigenvalue weighted by Gasteiger charge is 2.22. The van der Waals surface area contributed by atoms with Gasteiger partial charge >= 0.3 is 6.03 Å². The van der Waals surface area contributed by atoms with E-state index in [4.69, 9.17) is 11.6 Å². The normalized spacial score (nSPS) is 18.4. The van der Waals surface area contributed by atoms with Gasteiger partial charge in [0.1, 0.15) is 5.15 Å². The second-order valence-electron chi connectivity index (χ2n) is 7.84. The second-order valence-corrected chi connectivity index (χ2v) is 8.23. The van der Waals surface area contributed by atoms with Gasteiger partial charge in [-0.25, -0.2) is 9.78 Å². The first-order chi connectivity index (χ1) is 14.6. The molecule has 1 aromatic carbocycles. The summed E-state index contributed by atoms with van der Waals surface area (Å²) in [5, 5.41) is 9.28. The van der Waals surface area contributed by atoms with Crippen LogP contribution < -0.4 is 16.0 Å². The zero-order valence-corrected chi connectivity index (χ0v) is 17.8. The van der Waals surface area contributed by atoms with Crippen LogP contribution in [0.3, 0.4) is 0 Å². The number of halogens is 1. The molecule has 1 aromatic heterocycles. The van der Waals surface area contributed by atoms with Crippen LogP contribution in [0.2, 0.25) is 5.15 Å². The lowest BCUT2D eigenvalue weighted by molar-refractivity contribution is 0.0941. The number of benzene rings is 1. The Bertz CT molecular complexity index is 806. The molecule has 3 rings (SSSR count). The van der Waals surface area contributed by atoms with Crippen LogP contribution in [0.15, 0.2) is 48.7 Å². The molecule has 3 N–H and O–H groups in total. The molecule has 160 valence electrons. The average Bonchev–Trinajstić information content (AvgIpc) is 2.78. The monoisotopic (exact) mass is 428 g/mol. The number of nitrogens with one attached hydrogen (secondary N) is 3. The number of hydrogen-bond donors (Lipinski definition) is 3. The van der Waals surface area contributed by atoms with Crippen molar-refractivity contribution in [1.29, 1.82) is 0 Å². The van der Waals surface area contributed by atoms with Gasteiger partial charge in [-0.3, -0.25) is 4.79 Å². The maximum absolute atomic E-state index is 12.2. The maximum Gasteiger partial charge on any atom is 0.314 e. The third-order valence-electron chi connectivity index (χ3n) is 5.60. The summed E-state index contributed by atoms with van der Waals surface area (Å²) < 4.78 is 0. The molecule has 1 heterocycles. The molecule has 1 saturated carbocycles. The Labute approximate surface area is 182 Å². The van der Waals surface area contributed by atoms with Crippen molar-refractivity contribution in [3.63, 3.8) is 0 Å². The predicted molar refractivity (Wildman–Crippen MR) is 119 cm³/mol. The maximum atomic E-state index is 12.2. The Morgan fingerprint density at radius 2 is 1.57 bits per heavy atom. The number of amides is 3. The summed E-state index contributed by atoms with van der Waals surface area (Å²) in [5.41, 5.74) is 1.74. The Balaban J connectivity index is 1.26. The minimum atomic E-state index is -0.116. The molecule has 0 aliphatic heterocycles. The Hall–Kier alpha value is -2.60. The number of urea groups is 1. The van der Waals surface area contributed by atoms with Crippen LogP contribution in [0.25, 0.3) is 0 Å². The van der Waals surface area contributed by atoms with Crippen LogP contribution in [0, 0.1) is 11.8 Å². The van der Waals surface area contributed by atoms with Crippen LogP contribution in [-0.4, -0.2) is 36.6 Å². The molecule has 0 saturated heterocycles. The van der Waals surface area contributed by atoms with E-state index in [1.54, 1.807) is 12.1 Å². The van der Waals surface area contributed by atoms with Crippen molar-refractivity contribution in [3.8, 4) is 0 Å². The van der Waals surface area contributed by atoms with Gasteiger partial charge in [-0.2, -0.15) is 0 Å². The van der Waals surface area contributed by atoms with Gasteiger partial charge < -0.3 is 16.0 Å². The molecule has 6 nitrogen and oxygen atoms in total. The van der Waals surface area contributed by atoms with Gasteiger partial charge in [0.05, 0.1) is 5.56 Å². The molecule has 0 bridgehead atoms. The molecule has 1 fully saturated rings. The second kappa shape index (κ2) is 11.6. The molecule has 7 heteroatoms. The quantitative estimate of drug-likeness (QED) is 0.559. The lowest BCUT2D eigenvalue weighted by Crippen LogP contribution is -2.40. The topological polar surface area (TPSA) is 83.1 Å². The highest BCUT2D eigenvalue weighted by Crippen LogP contribution is 2.28. The van der Waals surface area contributed by atoms with Crippen molar-refractivity contribution < 1.29 is 9.59 Å². The molecule has 0 spiro atoms. The minimum absolute atomic E-state index is 0.100. The minimum Gasteiger partial charge on any atom is -0.352 e. The van der Waals surface area contributed by atoms with Gasteiger partial charge in [0.15, 0.2) is 0 Å². The fourth-order valence-corrected chi connectivity index (χ4v) is 3.87. The Morgan fingerprint density at radius 3 is 2.20 bits per heavy atom. The Kier molecular flexibility index (Phi) is 8.51. The van der Waals surface area contributed by atoms with Crippen LogP contribution >= 0.6 is 11.6 Å². The lowest BCUT2D eigenvalue weighted by Gasteiger charge is -2.28. The van der Waals surface area contributed by atoms with E-state index in [1.807, 2.05) is 18.2 Å². The number of rotatable bonds is 8. The first-order valence-electron chi connectivity index (χ1n) is 10.6. The smallest absolute Gasteiger partial charge is 0.314 e. The first-order valence-corrected chi connectivity index (χ1v) is 10.9. The van der Waals surface area contributed by atoms with Crippen LogP contribution in [-0.2, 0) is 6.42 Å². The number of hydrogen-bond acceptors (Lipinski definition) is 3. The molecule has 0 atom stereocenters. The van der Waals surface area contributed by atoms with E-state index in [2.05, 4.69) is 33.1 Å². The molecular formula is C23H29ClN4O2. The number of pyridine rings is 1. The van der Waals surface area contributed by atoms with E-state index < -0.39 is 0 Å². The zero-order chi connectivity index (χ0) is 21.2. The molecule has 2 aromatic rings. The largest absolute Gasteiger partial charge is 0.352 e. The average molecular weight is 429 g/mol. The van der Waals surface area contributed by atoms with E-state index >= 15 is 0 Å². The van der Waals surface area contributed by atoms with Gasteiger partial charge in [0, 0.05) is 25.8 Å². The van der Waals surface area contributed by atoms with E-state index in [0.29, 0.717) is 42.2 Å². The SMILES string of the molecule is O=C(NCCc1ccccc1)NCC1CCC(CNC(=O)c2ccc(Cl)nc2)CC1. The molecule has 3 amide bonds. The molecule has 30 heavy (non-hydrogen) atoms. The van der Waals surface area contributed by atoms with E-state index in [0.717, 1.165) is 32.1 Å². The zero-order valence-electron chi connectivity index (χ0n) is 17.1. The fourth-order valence-electron chi connectivity index (χ4n) is 3.75. The third-order valence-corrected chi connectivity index (χ3v) is 5.82. The third kappa shape index (κ3) is 7.34. The first kappa shape index (κ1) is 22.1. The summed E-state index contributed by atoms with van der Waals surface area (Å²) in [6.07, 6.45) is 6.56. The van der Waals surface area contributed by atoms with Gasteiger partial charge in [0.25, 0.3) is 5.91 Å². The van der Waals surface area contributed by atoms with Crippen molar-refractivity contribution in [1.82, 2.24) is 20.9 Å². The molecule has 1 aliphatic rings. The molecular weight excluding hydrogens is 400 g/mol. The highest BCUT2D eigenvalue weighted by molar-refractivity contribution is 6.29. The summed E-state index contributed by atoms with van der Waals surface area (Å²) in [6, 6.07) is 13.3. The van der Waals surface area contributed by atoms with Crippen molar-refractivity contribution in [2.45, 2.75) is 32.1 Å². The van der Waals surface area contributed by atoms with Crippen LogP contribution in [0.1, 0.15) is 41.6 Å². The number of aromatic nitrogens is 1. The summed E-state index contributed by atoms with van der Waals surface area (Å²) in [4.78, 5) is 28.1. The molecule has 0 radical (unpaired) electrons. The standard InChI is InChI=1S/C23H29ClN4O2/c24-21-11-10-20(16-26-21)22(29)27-14-18-6-8-19(9-7-18)15-28-23(30)25-13-12-17-4-2-1-3-5-17/h1-5,10-11,16,18-19H,6-9,12-15H2,(H,27,29)(H2,25,28,30). The summed E-state index contributed by atoms with van der Waals surface area (Å²) in [6.45, 7) is 2.00. The predicted octanol–water partition coefficient (Wildman–Crippen LogP) is 3.81. The van der Waals surface area contributed by atoms with Crippen LogP contribution in [0.4, 0.5) is 4.79 Å². The number of nitrogens with zero attached hydrogens (tertiary/aromatic N) is 1. The van der Waals surface area contributed by atoms with Crippen LogP contribution in [0.5, 0.6) is 0 Å². The van der Waals surface area contributed by atoms with Gasteiger partial charge in [-0.15, -0.1) is 0 Å². The van der Waals surface area contributed by atoms with E-state index in [9.17, 15) is 9.59 Å². The summed E-state index contributed by atoms with van der Waals surface area (Å²) >= 11 is 5.75.